The first kappa shape index (κ1) is 25.1. The molecule has 0 saturated carbocycles. The van der Waals surface area contributed by atoms with Crippen molar-refractivity contribution in [3.8, 4) is 0 Å². The van der Waals surface area contributed by atoms with Gasteiger partial charge < -0.3 is 9.47 Å². The third kappa shape index (κ3) is 16.5. The van der Waals surface area contributed by atoms with Crippen LogP contribution in [0.15, 0.2) is 24.3 Å². The highest BCUT2D eigenvalue weighted by Gasteiger charge is 2.14. The molecule has 0 aliphatic rings. The first-order valence-electron chi connectivity index (χ1n) is 8.60. The van der Waals surface area contributed by atoms with Gasteiger partial charge in [-0.25, -0.2) is 0 Å². The molecule has 0 radical (unpaired) electrons. The second-order valence-electron chi connectivity index (χ2n) is 5.32. The molecule has 0 aliphatic heterocycles. The van der Waals surface area contributed by atoms with Crippen molar-refractivity contribution in [2.24, 2.45) is 0 Å². The van der Waals surface area contributed by atoms with Gasteiger partial charge in [0, 0.05) is 34.4 Å². The number of halogens is 2. The van der Waals surface area contributed by atoms with E-state index in [0.29, 0.717) is 10.5 Å². The molecule has 2 unspecified atom stereocenters. The molecule has 24 heavy (non-hydrogen) atoms. The van der Waals surface area contributed by atoms with Gasteiger partial charge in [0.1, 0.15) is 0 Å². The Hall–Kier alpha value is 1.06. The van der Waals surface area contributed by atoms with E-state index in [-0.39, 0.29) is 0 Å². The van der Waals surface area contributed by atoms with Crippen molar-refractivity contribution in [2.45, 2.75) is 50.0 Å². The normalized spacial score (nSPS) is 14.7. The lowest BCUT2D eigenvalue weighted by Gasteiger charge is -2.18. The van der Waals surface area contributed by atoms with Crippen LogP contribution in [0.4, 0.5) is 0 Å². The minimum absolute atomic E-state index is 0.480. The molecular weight excluding hydrogens is 472 g/mol. The molecule has 142 valence electrons. The van der Waals surface area contributed by atoms with Crippen LogP contribution in [0.3, 0.4) is 0 Å². The fourth-order valence-corrected chi connectivity index (χ4v) is 6.34. The molecule has 0 saturated heterocycles. The summed E-state index contributed by atoms with van der Waals surface area (Å²) < 4.78 is 11.6. The molecule has 0 rings (SSSR count). The monoisotopic (exact) mass is 502 g/mol. The van der Waals surface area contributed by atoms with Crippen LogP contribution in [0.5, 0.6) is 0 Å². The van der Waals surface area contributed by atoms with E-state index in [4.69, 9.17) is 9.47 Å². The molecule has 0 heterocycles. The molecule has 0 bridgehead atoms. The van der Waals surface area contributed by atoms with E-state index >= 15 is 0 Å². The third-order valence-electron chi connectivity index (χ3n) is 3.07. The highest BCUT2D eigenvalue weighted by molar-refractivity contribution is 9.09. The van der Waals surface area contributed by atoms with E-state index in [0.717, 1.165) is 62.8 Å². The molecule has 0 aromatic carbocycles. The Morgan fingerprint density at radius 1 is 0.792 bits per heavy atom. The summed E-state index contributed by atoms with van der Waals surface area (Å²) in [4.78, 5) is 0. The van der Waals surface area contributed by atoms with Crippen LogP contribution in [0.25, 0.3) is 0 Å². The van der Waals surface area contributed by atoms with Crippen LogP contribution in [-0.4, -0.2) is 47.6 Å². The first-order chi connectivity index (χ1) is 11.8. The Balaban J connectivity index is 3.73. The van der Waals surface area contributed by atoms with Gasteiger partial charge in [-0.3, -0.25) is 0 Å². The van der Waals surface area contributed by atoms with Crippen molar-refractivity contribution >= 4 is 53.4 Å². The lowest BCUT2D eigenvalue weighted by molar-refractivity contribution is 0.136. The highest BCUT2D eigenvalue weighted by Crippen LogP contribution is 2.33. The number of hydrogen-bond acceptors (Lipinski definition) is 4. The molecule has 2 atom stereocenters. The molecule has 0 N–H and O–H groups in total. The summed E-state index contributed by atoms with van der Waals surface area (Å²) in [5, 5.41) is 2.87. The van der Waals surface area contributed by atoms with Crippen LogP contribution < -0.4 is 0 Å². The van der Waals surface area contributed by atoms with Crippen LogP contribution >= 0.6 is 53.4 Å². The Morgan fingerprint density at radius 3 is 1.54 bits per heavy atom. The molecular formula is C18H32Br2O2S2. The quantitative estimate of drug-likeness (QED) is 0.0957. The third-order valence-corrected chi connectivity index (χ3v) is 8.72. The van der Waals surface area contributed by atoms with E-state index < -0.39 is 0 Å². The van der Waals surface area contributed by atoms with Gasteiger partial charge in [0.25, 0.3) is 0 Å². The number of ether oxygens (including phenoxy) is 2. The van der Waals surface area contributed by atoms with Crippen LogP contribution in [0.2, 0.25) is 0 Å². The van der Waals surface area contributed by atoms with Gasteiger partial charge in [0.2, 0.25) is 0 Å². The Morgan fingerprint density at radius 2 is 1.21 bits per heavy atom. The van der Waals surface area contributed by atoms with Gasteiger partial charge in [-0.05, 0) is 39.5 Å². The zero-order valence-electron chi connectivity index (χ0n) is 14.9. The van der Waals surface area contributed by atoms with Gasteiger partial charge in [0.15, 0.2) is 0 Å². The predicted octanol–water partition coefficient (Wildman–Crippen LogP) is 6.64. The van der Waals surface area contributed by atoms with Gasteiger partial charge >= 0.3 is 0 Å². The largest absolute Gasteiger partial charge is 0.380 e. The average Bonchev–Trinajstić information content (AvgIpc) is 2.61. The fraction of sp³-hybridized carbons (Fsp3) is 0.778. The zero-order valence-corrected chi connectivity index (χ0v) is 19.7. The Labute approximate surface area is 173 Å². The molecule has 0 spiro atoms. The summed E-state index contributed by atoms with van der Waals surface area (Å²) in [6.07, 6.45) is 13.0. The molecule has 0 aromatic heterocycles. The second-order valence-corrected chi connectivity index (χ2v) is 9.49. The Kier molecular flexibility index (Phi) is 21.3. The van der Waals surface area contributed by atoms with Gasteiger partial charge in [0.05, 0.1) is 13.2 Å². The summed E-state index contributed by atoms with van der Waals surface area (Å²) in [7, 11) is 3.81. The molecule has 0 amide bonds. The molecule has 0 aromatic rings. The van der Waals surface area contributed by atoms with Crippen molar-refractivity contribution in [1.29, 1.82) is 0 Å². The maximum absolute atomic E-state index is 5.79. The van der Waals surface area contributed by atoms with Gasteiger partial charge in [-0.15, -0.1) is 0 Å². The molecule has 0 fully saturated rings. The van der Waals surface area contributed by atoms with E-state index in [1.165, 1.54) is 0 Å². The van der Waals surface area contributed by atoms with Crippen LogP contribution in [-0.2, 0) is 9.47 Å². The minimum atomic E-state index is 0.480. The molecule has 2 nitrogen and oxygen atoms in total. The summed E-state index contributed by atoms with van der Waals surface area (Å²) in [5.74, 6) is 0. The van der Waals surface area contributed by atoms with Crippen LogP contribution in [0, 0.1) is 0 Å². The summed E-state index contributed by atoms with van der Waals surface area (Å²) >= 11 is 7.19. The topological polar surface area (TPSA) is 18.5 Å². The van der Waals surface area contributed by atoms with Gasteiger partial charge in [-0.2, -0.15) is 0 Å². The fourth-order valence-electron chi connectivity index (χ4n) is 1.72. The number of unbranched alkanes of at least 4 members (excludes halogenated alkanes) is 2. The maximum Gasteiger partial charge on any atom is 0.0601 e. The highest BCUT2D eigenvalue weighted by atomic mass is 79.9. The van der Waals surface area contributed by atoms with Crippen molar-refractivity contribution in [3.05, 3.63) is 24.3 Å². The zero-order chi connectivity index (χ0) is 17.9. The lowest BCUT2D eigenvalue weighted by atomic mass is 10.3. The first-order valence-corrected chi connectivity index (χ1v) is 13.1. The number of alkyl halides is 2. The van der Waals surface area contributed by atoms with E-state index in [1.54, 1.807) is 0 Å². The van der Waals surface area contributed by atoms with E-state index in [2.05, 4.69) is 70.0 Å². The Bertz CT molecular complexity index is 285. The molecule has 0 aliphatic carbocycles. The molecule has 6 heteroatoms. The smallest absolute Gasteiger partial charge is 0.0601 e. The van der Waals surface area contributed by atoms with Crippen molar-refractivity contribution in [3.63, 3.8) is 0 Å². The summed E-state index contributed by atoms with van der Waals surface area (Å²) in [5.41, 5.74) is 0. The number of hydrogen-bond donors (Lipinski definition) is 0. The average molecular weight is 504 g/mol. The van der Waals surface area contributed by atoms with Crippen molar-refractivity contribution < 1.29 is 9.47 Å². The van der Waals surface area contributed by atoms with E-state index in [1.807, 2.05) is 21.6 Å². The maximum atomic E-state index is 5.79. The van der Waals surface area contributed by atoms with Crippen molar-refractivity contribution in [1.82, 2.24) is 0 Å². The number of rotatable bonds is 17. The minimum Gasteiger partial charge on any atom is -0.380 e. The lowest BCUT2D eigenvalue weighted by Crippen LogP contribution is -2.17. The number of allylic oxidation sites excluding steroid dienone is 4. The summed E-state index contributed by atoms with van der Waals surface area (Å²) in [6.45, 7) is 7.41. The van der Waals surface area contributed by atoms with Crippen LogP contribution in [0.1, 0.15) is 39.5 Å². The standard InChI is InChI=1S/C18H32Br2O2S2/c1-3-5-7-9-11-21-15-17(13-19)23-24-18(14-20)16-22-12-10-8-6-4-2/h3-6,17-18H,7-16H2,1-2H3/b5-3+,6-4+. The van der Waals surface area contributed by atoms with E-state index in [9.17, 15) is 0 Å². The second kappa shape index (κ2) is 20.4. The van der Waals surface area contributed by atoms with Gasteiger partial charge in [-0.1, -0.05) is 77.8 Å². The van der Waals surface area contributed by atoms with Crippen molar-refractivity contribution in [2.75, 3.05) is 37.1 Å². The SMILES string of the molecule is C/C=C/CCCOCC(CBr)SSC(CBr)COCCC/C=C/C. The summed E-state index contributed by atoms with van der Waals surface area (Å²) in [6, 6.07) is 0. The predicted molar refractivity (Wildman–Crippen MR) is 120 cm³/mol.